The molecule has 0 N–H and O–H groups in total. The fraction of sp³-hybridized carbons (Fsp3) is 0.0556. The summed E-state index contributed by atoms with van der Waals surface area (Å²) in [6.07, 6.45) is 4.03. The summed E-state index contributed by atoms with van der Waals surface area (Å²) in [4.78, 5) is 8.93. The topological polar surface area (TPSA) is 54.5 Å². The van der Waals surface area contributed by atoms with Crippen LogP contribution in [0.3, 0.4) is 0 Å². The highest BCUT2D eigenvalue weighted by atomic mass is 79.9. The summed E-state index contributed by atoms with van der Waals surface area (Å²) in [5.41, 5.74) is 4.85. The Balaban J connectivity index is 1.96. The van der Waals surface area contributed by atoms with Crippen LogP contribution in [-0.4, -0.2) is 14.5 Å². The molecular formula is C18H11BrN4. The molecule has 5 heteroatoms. The molecule has 23 heavy (non-hydrogen) atoms. The van der Waals surface area contributed by atoms with E-state index >= 15 is 0 Å². The molecule has 0 aliphatic heterocycles. The van der Waals surface area contributed by atoms with Crippen LogP contribution in [-0.2, 0) is 6.42 Å². The fourth-order valence-electron chi connectivity index (χ4n) is 2.73. The molecule has 0 fully saturated rings. The number of imidazole rings is 1. The van der Waals surface area contributed by atoms with Gasteiger partial charge in [0.05, 0.1) is 29.7 Å². The molecule has 4 nitrogen and oxygen atoms in total. The van der Waals surface area contributed by atoms with Crippen molar-refractivity contribution in [2.24, 2.45) is 0 Å². The average Bonchev–Trinajstić information content (AvgIpc) is 3.00. The molecule has 2 heterocycles. The van der Waals surface area contributed by atoms with Crippen molar-refractivity contribution in [2.75, 3.05) is 0 Å². The Morgan fingerprint density at radius 3 is 2.65 bits per heavy atom. The minimum Gasteiger partial charge on any atom is -0.298 e. The third-order valence-electron chi connectivity index (χ3n) is 3.83. The predicted molar refractivity (Wildman–Crippen MR) is 93.4 cm³/mol. The molecular weight excluding hydrogens is 352 g/mol. The minimum absolute atomic E-state index is 0.421. The van der Waals surface area contributed by atoms with Crippen molar-refractivity contribution >= 4 is 37.9 Å². The van der Waals surface area contributed by atoms with Gasteiger partial charge < -0.3 is 0 Å². The van der Waals surface area contributed by atoms with Crippen molar-refractivity contribution in [1.29, 1.82) is 5.26 Å². The van der Waals surface area contributed by atoms with Crippen molar-refractivity contribution in [2.45, 2.75) is 6.42 Å². The number of pyridine rings is 1. The number of fused-ring (bicyclic) bond motifs is 3. The highest BCUT2D eigenvalue weighted by Crippen LogP contribution is 2.28. The largest absolute Gasteiger partial charge is 0.298 e. The standard InChI is InChI=1S/C18H11BrN4/c19-13-3-6-16-15(9-13)18-17(10-21-16)22-11-23(18)14-4-1-12(2-5-14)7-8-20/h1-6,9-11H,7H2. The number of nitrogens with zero attached hydrogens (tertiary/aromatic N) is 4. The van der Waals surface area contributed by atoms with Gasteiger partial charge in [0.15, 0.2) is 0 Å². The van der Waals surface area contributed by atoms with Crippen molar-refractivity contribution in [1.82, 2.24) is 14.5 Å². The molecule has 4 rings (SSSR count). The number of benzene rings is 2. The molecule has 0 atom stereocenters. The van der Waals surface area contributed by atoms with Crippen LogP contribution in [0.1, 0.15) is 5.56 Å². The smallest absolute Gasteiger partial charge is 0.108 e. The Kier molecular flexibility index (Phi) is 3.32. The summed E-state index contributed by atoms with van der Waals surface area (Å²) in [6, 6.07) is 16.2. The molecule has 0 saturated heterocycles. The molecule has 4 aromatic rings. The number of aromatic nitrogens is 3. The van der Waals surface area contributed by atoms with E-state index in [9.17, 15) is 0 Å². The SMILES string of the molecule is N#CCc1ccc(-n2cnc3cnc4ccc(Br)cc4c32)cc1. The maximum absolute atomic E-state index is 8.78. The molecule has 0 aliphatic carbocycles. The van der Waals surface area contributed by atoms with Gasteiger partial charge in [-0.2, -0.15) is 5.26 Å². The summed E-state index contributed by atoms with van der Waals surface area (Å²) in [6.45, 7) is 0. The van der Waals surface area contributed by atoms with Crippen molar-refractivity contribution < 1.29 is 0 Å². The number of halogens is 1. The zero-order valence-electron chi connectivity index (χ0n) is 12.1. The highest BCUT2D eigenvalue weighted by molar-refractivity contribution is 9.10. The molecule has 0 unspecified atom stereocenters. The molecule has 0 radical (unpaired) electrons. The van der Waals surface area contributed by atoms with E-state index in [0.717, 1.165) is 37.7 Å². The van der Waals surface area contributed by atoms with Crippen LogP contribution in [0.25, 0.3) is 27.6 Å². The van der Waals surface area contributed by atoms with Gasteiger partial charge in [0.1, 0.15) is 11.8 Å². The zero-order valence-corrected chi connectivity index (χ0v) is 13.7. The van der Waals surface area contributed by atoms with Gasteiger partial charge >= 0.3 is 0 Å². The molecule has 2 aromatic heterocycles. The lowest BCUT2D eigenvalue weighted by molar-refractivity contribution is 1.09. The quantitative estimate of drug-likeness (QED) is 0.530. The summed E-state index contributed by atoms with van der Waals surface area (Å²) in [5.74, 6) is 0. The summed E-state index contributed by atoms with van der Waals surface area (Å²) >= 11 is 3.53. The molecule has 0 aliphatic rings. The van der Waals surface area contributed by atoms with Gasteiger partial charge in [0.25, 0.3) is 0 Å². The number of hydrogen-bond donors (Lipinski definition) is 0. The molecule has 0 amide bonds. The van der Waals surface area contributed by atoms with Gasteiger partial charge in [-0.1, -0.05) is 28.1 Å². The summed E-state index contributed by atoms with van der Waals surface area (Å²) in [5, 5.41) is 9.83. The van der Waals surface area contributed by atoms with Gasteiger partial charge in [-0.25, -0.2) is 4.98 Å². The van der Waals surface area contributed by atoms with E-state index < -0.39 is 0 Å². The lowest BCUT2D eigenvalue weighted by Crippen LogP contribution is -1.94. The van der Waals surface area contributed by atoms with E-state index in [1.807, 2.05) is 42.7 Å². The molecule has 0 saturated carbocycles. The van der Waals surface area contributed by atoms with Crippen molar-refractivity contribution in [3.8, 4) is 11.8 Å². The van der Waals surface area contributed by atoms with Gasteiger partial charge in [0, 0.05) is 15.5 Å². The van der Waals surface area contributed by atoms with E-state index in [2.05, 4.69) is 42.6 Å². The maximum Gasteiger partial charge on any atom is 0.108 e. The minimum atomic E-state index is 0.421. The van der Waals surface area contributed by atoms with E-state index in [0.29, 0.717) is 6.42 Å². The lowest BCUT2D eigenvalue weighted by atomic mass is 10.1. The molecule has 0 bridgehead atoms. The normalized spacial score (nSPS) is 11.0. The van der Waals surface area contributed by atoms with Crippen LogP contribution < -0.4 is 0 Å². The maximum atomic E-state index is 8.78. The van der Waals surface area contributed by atoms with Gasteiger partial charge in [-0.3, -0.25) is 9.55 Å². The third kappa shape index (κ3) is 2.37. The zero-order chi connectivity index (χ0) is 15.8. The molecule has 2 aromatic carbocycles. The van der Waals surface area contributed by atoms with Gasteiger partial charge in [-0.05, 0) is 35.9 Å². The Labute approximate surface area is 141 Å². The van der Waals surface area contributed by atoms with Crippen molar-refractivity contribution in [3.05, 3.63) is 65.0 Å². The molecule has 110 valence electrons. The summed E-state index contributed by atoms with van der Waals surface area (Å²) in [7, 11) is 0. The Bertz CT molecular complexity index is 1060. The first-order chi connectivity index (χ1) is 11.3. The number of nitriles is 1. The number of hydrogen-bond acceptors (Lipinski definition) is 3. The van der Waals surface area contributed by atoms with Crippen LogP contribution in [0.2, 0.25) is 0 Å². The Hall–Kier alpha value is -2.71. The predicted octanol–water partition coefficient (Wildman–Crippen LogP) is 4.40. The average molecular weight is 363 g/mol. The van der Waals surface area contributed by atoms with Crippen LogP contribution in [0, 0.1) is 11.3 Å². The van der Waals surface area contributed by atoms with E-state index in [4.69, 9.17) is 5.26 Å². The van der Waals surface area contributed by atoms with Crippen LogP contribution in [0.5, 0.6) is 0 Å². The monoisotopic (exact) mass is 362 g/mol. The first-order valence-electron chi connectivity index (χ1n) is 7.14. The Morgan fingerprint density at radius 1 is 1.04 bits per heavy atom. The van der Waals surface area contributed by atoms with E-state index in [-0.39, 0.29) is 0 Å². The first-order valence-corrected chi connectivity index (χ1v) is 7.93. The van der Waals surface area contributed by atoms with Gasteiger partial charge in [0.2, 0.25) is 0 Å². The van der Waals surface area contributed by atoms with Crippen molar-refractivity contribution in [3.63, 3.8) is 0 Å². The van der Waals surface area contributed by atoms with E-state index in [1.54, 1.807) is 6.20 Å². The second kappa shape index (κ2) is 5.49. The second-order valence-electron chi connectivity index (χ2n) is 5.27. The first kappa shape index (κ1) is 13.9. The highest BCUT2D eigenvalue weighted by Gasteiger charge is 2.10. The van der Waals surface area contributed by atoms with Crippen LogP contribution in [0.4, 0.5) is 0 Å². The molecule has 0 spiro atoms. The fourth-order valence-corrected chi connectivity index (χ4v) is 3.09. The second-order valence-corrected chi connectivity index (χ2v) is 6.19. The van der Waals surface area contributed by atoms with Crippen LogP contribution in [0.15, 0.2) is 59.5 Å². The summed E-state index contributed by atoms with van der Waals surface area (Å²) < 4.78 is 3.07. The third-order valence-corrected chi connectivity index (χ3v) is 4.33. The number of rotatable bonds is 2. The van der Waals surface area contributed by atoms with Gasteiger partial charge in [-0.15, -0.1) is 0 Å². The Morgan fingerprint density at radius 2 is 1.87 bits per heavy atom. The van der Waals surface area contributed by atoms with Crippen LogP contribution >= 0.6 is 15.9 Å². The lowest BCUT2D eigenvalue weighted by Gasteiger charge is -2.07. The van der Waals surface area contributed by atoms with E-state index in [1.165, 1.54) is 0 Å².